The van der Waals surface area contributed by atoms with E-state index in [1.807, 2.05) is 18.2 Å². The van der Waals surface area contributed by atoms with E-state index in [4.69, 9.17) is 15.5 Å². The molecule has 6 heterocycles. The zero-order chi connectivity index (χ0) is 43.5. The Bertz CT molecular complexity index is 2360. The zero-order valence-corrected chi connectivity index (χ0v) is 36.0. The summed E-state index contributed by atoms with van der Waals surface area (Å²) in [6.45, 7) is 9.86. The highest BCUT2D eigenvalue weighted by Gasteiger charge is 2.39. The minimum Gasteiger partial charge on any atom is -0.496 e. The summed E-state index contributed by atoms with van der Waals surface area (Å²) in [4.78, 5) is 69.1. The van der Waals surface area contributed by atoms with E-state index in [-0.39, 0.29) is 36.1 Å². The maximum atomic E-state index is 13.4. The van der Waals surface area contributed by atoms with Crippen LogP contribution in [0.1, 0.15) is 83.2 Å². The highest BCUT2D eigenvalue weighted by Crippen LogP contribution is 2.32. The average molecular weight is 859 g/mol. The molecule has 0 spiro atoms. The lowest BCUT2D eigenvalue weighted by atomic mass is 9.91. The quantitative estimate of drug-likeness (QED) is 0.0873. The summed E-state index contributed by atoms with van der Waals surface area (Å²) in [6.07, 6.45) is 12.2. The number of carbonyl (C=O) groups excluding carboxylic acids is 4. The molecule has 17 heteroatoms. The smallest absolute Gasteiger partial charge is 0.260 e. The van der Waals surface area contributed by atoms with Crippen LogP contribution in [0.25, 0.3) is 5.65 Å². The molecular formula is C46H58N12O5. The zero-order valence-electron chi connectivity index (χ0n) is 36.0. The SMILES string of the molecule is COc1cc(N)c(C=NC2CCC(NCCN3CCC(CN4CCN(c5ccc6c(c5)CN(C5CCC(=O)NC5=O)C6=O)CC4)CC3)CC2)cc1C(=O)Nc1cnc2cccnn12. The number of carbonyl (C=O) groups is 4. The largest absolute Gasteiger partial charge is 0.496 e. The van der Waals surface area contributed by atoms with Crippen LogP contribution in [-0.2, 0) is 16.1 Å². The molecule has 1 saturated carbocycles. The number of piperidine rings is 2. The number of nitrogen functional groups attached to an aromatic ring is 1. The maximum absolute atomic E-state index is 13.4. The first-order valence-electron chi connectivity index (χ1n) is 22.5. The molecule has 0 bridgehead atoms. The van der Waals surface area contributed by atoms with Crippen molar-refractivity contribution in [3.63, 3.8) is 0 Å². The Hall–Kier alpha value is -5.91. The second-order valence-electron chi connectivity index (χ2n) is 17.6. The normalized spacial score (nSPS) is 22.8. The van der Waals surface area contributed by atoms with E-state index in [1.54, 1.807) is 46.2 Å². The van der Waals surface area contributed by atoms with Gasteiger partial charge in [0.2, 0.25) is 11.8 Å². The molecule has 9 rings (SSSR count). The summed E-state index contributed by atoms with van der Waals surface area (Å²) < 4.78 is 7.07. The number of fused-ring (bicyclic) bond motifs is 2. The van der Waals surface area contributed by atoms with Gasteiger partial charge in [-0.25, -0.2) is 4.98 Å². The summed E-state index contributed by atoms with van der Waals surface area (Å²) in [5.41, 5.74) is 11.3. The minimum atomic E-state index is -0.591. The number of likely N-dealkylation sites (tertiary alicyclic amines) is 1. The first-order valence-corrected chi connectivity index (χ1v) is 22.5. The molecule has 1 aliphatic carbocycles. The summed E-state index contributed by atoms with van der Waals surface area (Å²) in [5.74, 6) is 0.431. The molecule has 3 saturated heterocycles. The average Bonchev–Trinajstić information content (AvgIpc) is 3.86. The fourth-order valence-corrected chi connectivity index (χ4v) is 9.91. The lowest BCUT2D eigenvalue weighted by Crippen LogP contribution is -2.52. The van der Waals surface area contributed by atoms with Gasteiger partial charge in [0.05, 0.1) is 24.9 Å². The molecule has 63 heavy (non-hydrogen) atoms. The van der Waals surface area contributed by atoms with Crippen LogP contribution in [-0.4, -0.2) is 143 Å². The number of anilines is 3. The van der Waals surface area contributed by atoms with Gasteiger partial charge in [0.15, 0.2) is 11.5 Å². The lowest BCUT2D eigenvalue weighted by molar-refractivity contribution is -0.136. The number of ether oxygens (including phenoxy) is 1. The van der Waals surface area contributed by atoms with Crippen molar-refractivity contribution in [2.45, 2.75) is 76.0 Å². The number of hydrogen-bond donors (Lipinski definition) is 4. The van der Waals surface area contributed by atoms with Crippen LogP contribution in [0.3, 0.4) is 0 Å². The van der Waals surface area contributed by atoms with Crippen LogP contribution < -0.4 is 31.3 Å². The highest BCUT2D eigenvalue weighted by molar-refractivity contribution is 6.08. The van der Waals surface area contributed by atoms with Crippen molar-refractivity contribution < 1.29 is 23.9 Å². The molecule has 17 nitrogen and oxygen atoms in total. The van der Waals surface area contributed by atoms with Crippen LogP contribution in [0.2, 0.25) is 0 Å². The highest BCUT2D eigenvalue weighted by atomic mass is 16.5. The number of hydrogen-bond acceptors (Lipinski definition) is 13. The van der Waals surface area contributed by atoms with Crippen LogP contribution in [0.4, 0.5) is 17.2 Å². The minimum absolute atomic E-state index is 0.127. The molecule has 1 unspecified atom stereocenters. The van der Waals surface area contributed by atoms with Gasteiger partial charge in [0.25, 0.3) is 11.8 Å². The standard InChI is InChI=1S/C46H58N12O5/c1-63-40-25-38(47)31(24-37(40)44(60)52-42-27-50-41-3-2-14-51-58(41)42)26-49-34-6-4-33(5-7-34)48-15-18-54-16-12-30(13-17-54)28-55-19-21-56(22-20-55)35-8-9-36-32(23-35)29-57(46(36)62)39-10-11-43(59)53-45(39)61/h2-3,8-9,14,23-27,30,33-34,39,48H,4-7,10-13,15-22,28-29,47H2,1H3,(H,52,60)(H,53,59,61). The topological polar surface area (TPSA) is 195 Å². The molecule has 332 valence electrons. The number of imidazole rings is 1. The summed E-state index contributed by atoms with van der Waals surface area (Å²) >= 11 is 0. The molecule has 5 N–H and O–H groups in total. The third kappa shape index (κ3) is 9.55. The number of nitrogens with two attached hydrogens (primary N) is 1. The maximum Gasteiger partial charge on any atom is 0.260 e. The van der Waals surface area contributed by atoms with Crippen molar-refractivity contribution in [1.82, 2.24) is 39.9 Å². The summed E-state index contributed by atoms with van der Waals surface area (Å²) in [5, 5.41) is 13.4. The summed E-state index contributed by atoms with van der Waals surface area (Å²) in [6, 6.07) is 13.2. The van der Waals surface area contributed by atoms with E-state index in [0.29, 0.717) is 58.6 Å². The third-order valence-corrected chi connectivity index (χ3v) is 13.6. The predicted octanol–water partition coefficient (Wildman–Crippen LogP) is 3.19. The number of benzene rings is 2. The molecule has 4 aliphatic heterocycles. The molecule has 2 aromatic heterocycles. The number of amides is 4. The van der Waals surface area contributed by atoms with Crippen molar-refractivity contribution in [3.8, 4) is 5.75 Å². The van der Waals surface area contributed by atoms with E-state index in [1.165, 1.54) is 20.0 Å². The van der Waals surface area contributed by atoms with Crippen molar-refractivity contribution >= 4 is 52.7 Å². The van der Waals surface area contributed by atoms with Crippen molar-refractivity contribution in [1.29, 1.82) is 0 Å². The molecule has 4 fully saturated rings. The van der Waals surface area contributed by atoms with Gasteiger partial charge < -0.3 is 35.8 Å². The number of aromatic nitrogens is 3. The molecule has 4 aromatic rings. The third-order valence-electron chi connectivity index (χ3n) is 13.6. The lowest BCUT2D eigenvalue weighted by Gasteiger charge is -2.39. The second-order valence-corrected chi connectivity index (χ2v) is 17.6. The molecule has 2 aromatic carbocycles. The number of nitrogens with zero attached hydrogens (tertiary/aromatic N) is 8. The Balaban J connectivity index is 0.664. The summed E-state index contributed by atoms with van der Waals surface area (Å²) in [7, 11) is 1.52. The Labute approximate surface area is 367 Å². The van der Waals surface area contributed by atoms with Gasteiger partial charge in [-0.1, -0.05) is 0 Å². The van der Waals surface area contributed by atoms with Crippen LogP contribution >= 0.6 is 0 Å². The van der Waals surface area contributed by atoms with Gasteiger partial charge in [-0.15, -0.1) is 0 Å². The predicted molar refractivity (Wildman–Crippen MR) is 240 cm³/mol. The number of imide groups is 1. The Kier molecular flexibility index (Phi) is 12.7. The first-order chi connectivity index (χ1) is 30.7. The van der Waals surface area contributed by atoms with Crippen LogP contribution in [0.15, 0.2) is 59.9 Å². The second kappa shape index (κ2) is 18.8. The Morgan fingerprint density at radius 2 is 1.78 bits per heavy atom. The number of rotatable bonds is 13. The Morgan fingerprint density at radius 3 is 2.56 bits per heavy atom. The first kappa shape index (κ1) is 42.4. The van der Waals surface area contributed by atoms with Gasteiger partial charge in [-0.3, -0.25) is 34.4 Å². The molecule has 4 amide bonds. The number of piperazine rings is 1. The number of aliphatic imine (C=N–C) groups is 1. The van der Waals surface area contributed by atoms with Crippen LogP contribution in [0, 0.1) is 5.92 Å². The van der Waals surface area contributed by atoms with Gasteiger partial charge in [-0.2, -0.15) is 9.61 Å². The Morgan fingerprint density at radius 1 is 0.968 bits per heavy atom. The monoisotopic (exact) mass is 858 g/mol. The fourth-order valence-electron chi connectivity index (χ4n) is 9.91. The van der Waals surface area contributed by atoms with E-state index in [2.05, 4.69) is 46.8 Å². The fraction of sp³-hybridized carbons (Fsp3) is 0.500. The van der Waals surface area contributed by atoms with Crippen molar-refractivity contribution in [3.05, 3.63) is 77.1 Å². The van der Waals surface area contributed by atoms with E-state index in [0.717, 1.165) is 102 Å². The van der Waals surface area contributed by atoms with E-state index >= 15 is 0 Å². The van der Waals surface area contributed by atoms with Gasteiger partial charge in [-0.05, 0) is 106 Å². The van der Waals surface area contributed by atoms with Gasteiger partial charge in [0.1, 0.15) is 11.8 Å². The van der Waals surface area contributed by atoms with Gasteiger partial charge >= 0.3 is 0 Å². The van der Waals surface area contributed by atoms with Gasteiger partial charge in [0, 0.05) is 106 Å². The number of methoxy groups -OCH3 is 1. The van der Waals surface area contributed by atoms with Crippen molar-refractivity contribution in [2.24, 2.45) is 10.9 Å². The molecule has 5 aliphatic rings. The number of nitrogens with one attached hydrogen (secondary N) is 3. The van der Waals surface area contributed by atoms with Crippen LogP contribution in [0.5, 0.6) is 5.75 Å². The van der Waals surface area contributed by atoms with E-state index < -0.39 is 6.04 Å². The molecule has 0 radical (unpaired) electrons. The van der Waals surface area contributed by atoms with E-state index in [9.17, 15) is 19.2 Å². The molecule has 1 atom stereocenters. The van der Waals surface area contributed by atoms with Crippen molar-refractivity contribution in [2.75, 3.05) is 82.0 Å². The molecular weight excluding hydrogens is 801 g/mol.